The highest BCUT2D eigenvalue weighted by molar-refractivity contribution is 7.16. The molecule has 78 valence electrons. The van der Waals surface area contributed by atoms with Crippen molar-refractivity contribution in [3.8, 4) is 0 Å². The lowest BCUT2D eigenvalue weighted by molar-refractivity contribution is 0.908. The highest BCUT2D eigenvalue weighted by atomic mass is 35.5. The molecule has 1 N–H and O–H groups in total. The first kappa shape index (κ1) is 10.5. The third-order valence-corrected chi connectivity index (χ3v) is 3.59. The van der Waals surface area contributed by atoms with Crippen molar-refractivity contribution in [1.29, 1.82) is 0 Å². The van der Waals surface area contributed by atoms with Crippen LogP contribution in [0.25, 0.3) is 0 Å². The quantitative estimate of drug-likeness (QED) is 0.824. The molecule has 1 unspecified atom stereocenters. The van der Waals surface area contributed by atoms with E-state index in [1.54, 1.807) is 11.3 Å². The van der Waals surface area contributed by atoms with Gasteiger partial charge in [-0.1, -0.05) is 29.8 Å². The maximum atomic E-state index is 5.90. The molecule has 1 nitrogen and oxygen atoms in total. The van der Waals surface area contributed by atoms with Crippen LogP contribution in [0.3, 0.4) is 0 Å². The molecule has 0 fully saturated rings. The van der Waals surface area contributed by atoms with Crippen LogP contribution in [-0.4, -0.2) is 0 Å². The monoisotopic (exact) mass is 237 g/mol. The Morgan fingerprint density at radius 1 is 1.13 bits per heavy atom. The van der Waals surface area contributed by atoms with Crippen molar-refractivity contribution in [1.82, 2.24) is 0 Å². The van der Waals surface area contributed by atoms with Gasteiger partial charge in [0.25, 0.3) is 0 Å². The molecule has 2 rings (SSSR count). The Labute approximate surface area is 98.7 Å². The van der Waals surface area contributed by atoms with Crippen molar-refractivity contribution in [2.45, 2.75) is 13.0 Å². The van der Waals surface area contributed by atoms with E-state index >= 15 is 0 Å². The molecule has 0 saturated carbocycles. The number of benzene rings is 1. The maximum Gasteiger partial charge on any atom is 0.0932 e. The van der Waals surface area contributed by atoms with Gasteiger partial charge in [-0.25, -0.2) is 0 Å². The minimum atomic E-state index is 0.296. The van der Waals surface area contributed by atoms with Gasteiger partial charge >= 0.3 is 0 Å². The van der Waals surface area contributed by atoms with Crippen molar-refractivity contribution in [3.63, 3.8) is 0 Å². The first-order chi connectivity index (χ1) is 7.25. The zero-order valence-electron chi connectivity index (χ0n) is 8.41. The van der Waals surface area contributed by atoms with E-state index in [-0.39, 0.29) is 0 Å². The van der Waals surface area contributed by atoms with Crippen LogP contribution in [0, 0.1) is 0 Å². The van der Waals surface area contributed by atoms with Crippen molar-refractivity contribution in [3.05, 3.63) is 51.7 Å². The van der Waals surface area contributed by atoms with Crippen molar-refractivity contribution in [2.24, 2.45) is 0 Å². The van der Waals surface area contributed by atoms with Crippen LogP contribution in [0.2, 0.25) is 4.34 Å². The molecule has 0 aliphatic carbocycles. The number of halogens is 1. The lowest BCUT2D eigenvalue weighted by atomic mass is 10.2. The number of hydrogen-bond acceptors (Lipinski definition) is 2. The smallest absolute Gasteiger partial charge is 0.0932 e. The first-order valence-corrected chi connectivity index (χ1v) is 6.02. The first-order valence-electron chi connectivity index (χ1n) is 4.82. The number of thiophene rings is 1. The SMILES string of the molecule is CC(Nc1ccccc1)c1ccc(Cl)s1. The van der Waals surface area contributed by atoms with Crippen molar-refractivity contribution >= 4 is 28.6 Å². The highest BCUT2D eigenvalue weighted by Gasteiger charge is 2.07. The molecule has 15 heavy (non-hydrogen) atoms. The highest BCUT2D eigenvalue weighted by Crippen LogP contribution is 2.28. The maximum absolute atomic E-state index is 5.90. The summed E-state index contributed by atoms with van der Waals surface area (Å²) in [4.78, 5) is 1.25. The van der Waals surface area contributed by atoms with Gasteiger partial charge in [0.15, 0.2) is 0 Å². The number of hydrogen-bond donors (Lipinski definition) is 1. The Bertz CT molecular complexity index is 424. The van der Waals surface area contributed by atoms with Gasteiger partial charge < -0.3 is 5.32 Å². The standard InChI is InChI=1S/C12H12ClNS/c1-9(11-7-8-12(13)15-11)14-10-5-3-2-4-6-10/h2-9,14H,1H3. The fraction of sp³-hybridized carbons (Fsp3) is 0.167. The topological polar surface area (TPSA) is 12.0 Å². The van der Waals surface area contributed by atoms with Gasteiger partial charge in [0, 0.05) is 10.6 Å². The predicted molar refractivity (Wildman–Crippen MR) is 67.8 cm³/mol. The van der Waals surface area contributed by atoms with E-state index in [0.29, 0.717) is 6.04 Å². The molecule has 0 saturated heterocycles. The zero-order chi connectivity index (χ0) is 10.7. The number of para-hydroxylation sites is 1. The summed E-state index contributed by atoms with van der Waals surface area (Å²) < 4.78 is 0.840. The largest absolute Gasteiger partial charge is 0.378 e. The van der Waals surface area contributed by atoms with Gasteiger partial charge in [-0.05, 0) is 31.2 Å². The van der Waals surface area contributed by atoms with E-state index in [1.807, 2.05) is 24.3 Å². The van der Waals surface area contributed by atoms with Gasteiger partial charge in [0.2, 0.25) is 0 Å². The molecule has 0 amide bonds. The molecule has 1 heterocycles. The lowest BCUT2D eigenvalue weighted by Crippen LogP contribution is -2.04. The molecule has 0 spiro atoms. The summed E-state index contributed by atoms with van der Waals surface area (Å²) in [5.74, 6) is 0. The third kappa shape index (κ3) is 2.74. The van der Waals surface area contributed by atoms with Gasteiger partial charge in [0.05, 0.1) is 10.4 Å². The van der Waals surface area contributed by atoms with Crippen LogP contribution >= 0.6 is 22.9 Å². The molecule has 1 aromatic heterocycles. The molecule has 3 heteroatoms. The van der Waals surface area contributed by atoms with E-state index < -0.39 is 0 Å². The van der Waals surface area contributed by atoms with Crippen LogP contribution in [-0.2, 0) is 0 Å². The summed E-state index contributed by atoms with van der Waals surface area (Å²) in [5.41, 5.74) is 1.13. The van der Waals surface area contributed by atoms with E-state index in [2.05, 4.69) is 30.4 Å². The Kier molecular flexibility index (Phi) is 3.29. The number of nitrogens with one attached hydrogen (secondary N) is 1. The second-order valence-corrected chi connectivity index (χ2v) is 5.12. The minimum Gasteiger partial charge on any atom is -0.378 e. The van der Waals surface area contributed by atoms with Gasteiger partial charge in [-0.15, -0.1) is 11.3 Å². The van der Waals surface area contributed by atoms with E-state index in [0.717, 1.165) is 10.0 Å². The van der Waals surface area contributed by atoms with Crippen molar-refractivity contribution < 1.29 is 0 Å². The second kappa shape index (κ2) is 4.69. The average molecular weight is 238 g/mol. The molecule has 0 aliphatic heterocycles. The summed E-state index contributed by atoms with van der Waals surface area (Å²) in [5, 5.41) is 3.42. The Morgan fingerprint density at radius 3 is 2.47 bits per heavy atom. The third-order valence-electron chi connectivity index (χ3n) is 2.18. The minimum absolute atomic E-state index is 0.296. The van der Waals surface area contributed by atoms with Gasteiger partial charge in [-0.2, -0.15) is 0 Å². The van der Waals surface area contributed by atoms with Crippen LogP contribution in [0.5, 0.6) is 0 Å². The molecular weight excluding hydrogens is 226 g/mol. The lowest BCUT2D eigenvalue weighted by Gasteiger charge is -2.13. The van der Waals surface area contributed by atoms with E-state index in [1.165, 1.54) is 4.88 Å². The number of anilines is 1. The zero-order valence-corrected chi connectivity index (χ0v) is 9.98. The molecule has 0 aliphatic rings. The van der Waals surface area contributed by atoms with E-state index in [9.17, 15) is 0 Å². The molecule has 1 atom stereocenters. The Balaban J connectivity index is 2.07. The summed E-state index contributed by atoms with van der Waals surface area (Å²) >= 11 is 7.52. The van der Waals surface area contributed by atoms with Crippen LogP contribution in [0.4, 0.5) is 5.69 Å². The molecule has 1 aromatic carbocycles. The Hall–Kier alpha value is -0.990. The predicted octanol–water partition coefficient (Wildman–Crippen LogP) is 4.57. The van der Waals surface area contributed by atoms with Crippen LogP contribution < -0.4 is 5.32 Å². The van der Waals surface area contributed by atoms with Crippen LogP contribution in [0.1, 0.15) is 17.8 Å². The Morgan fingerprint density at radius 2 is 1.87 bits per heavy atom. The normalized spacial score (nSPS) is 12.4. The van der Waals surface area contributed by atoms with Gasteiger partial charge in [0.1, 0.15) is 0 Å². The summed E-state index contributed by atoms with van der Waals surface area (Å²) in [6, 6.07) is 14.5. The fourth-order valence-corrected chi connectivity index (χ4v) is 2.48. The fourth-order valence-electron chi connectivity index (χ4n) is 1.42. The molecule has 0 radical (unpaired) electrons. The summed E-state index contributed by atoms with van der Waals surface area (Å²) in [6.45, 7) is 2.13. The number of rotatable bonds is 3. The van der Waals surface area contributed by atoms with Crippen LogP contribution in [0.15, 0.2) is 42.5 Å². The molecular formula is C12H12ClNS. The van der Waals surface area contributed by atoms with E-state index in [4.69, 9.17) is 11.6 Å². The van der Waals surface area contributed by atoms with Crippen molar-refractivity contribution in [2.75, 3.05) is 5.32 Å². The second-order valence-electron chi connectivity index (χ2n) is 3.37. The average Bonchev–Trinajstić information content (AvgIpc) is 2.66. The van der Waals surface area contributed by atoms with Gasteiger partial charge in [-0.3, -0.25) is 0 Å². The molecule has 2 aromatic rings. The summed E-state index contributed by atoms with van der Waals surface area (Å²) in [7, 11) is 0. The summed E-state index contributed by atoms with van der Waals surface area (Å²) in [6.07, 6.45) is 0. The molecule has 0 bridgehead atoms.